The highest BCUT2D eigenvalue weighted by molar-refractivity contribution is 5.74. The maximum Gasteiger partial charge on any atom is 0.165 e. The number of nitrogens with zero attached hydrogens (tertiary/aromatic N) is 2. The maximum absolute atomic E-state index is 13.5. The van der Waals surface area contributed by atoms with Crippen molar-refractivity contribution in [2.24, 2.45) is 0 Å². The van der Waals surface area contributed by atoms with Crippen LogP contribution in [0.2, 0.25) is 0 Å². The van der Waals surface area contributed by atoms with E-state index in [1.807, 2.05) is 6.07 Å². The van der Waals surface area contributed by atoms with Crippen molar-refractivity contribution in [3.05, 3.63) is 59.2 Å². The first-order chi connectivity index (χ1) is 9.22. The lowest BCUT2D eigenvalue weighted by atomic mass is 10.2. The molecule has 4 nitrogen and oxygen atoms in total. The average molecular weight is 256 g/mol. The van der Waals surface area contributed by atoms with E-state index >= 15 is 0 Å². The Morgan fingerprint density at radius 1 is 1.37 bits per heavy atom. The summed E-state index contributed by atoms with van der Waals surface area (Å²) in [6, 6.07) is 9.13. The summed E-state index contributed by atoms with van der Waals surface area (Å²) in [4.78, 5) is 14.3. The molecular weight excluding hydrogens is 247 g/mol. The molecule has 94 valence electrons. The molecule has 0 N–H and O–H groups in total. The van der Waals surface area contributed by atoms with Gasteiger partial charge in [-0.3, -0.25) is 4.79 Å². The van der Waals surface area contributed by atoms with Crippen molar-refractivity contribution in [1.29, 1.82) is 5.26 Å². The van der Waals surface area contributed by atoms with Crippen molar-refractivity contribution in [3.63, 3.8) is 0 Å². The summed E-state index contributed by atoms with van der Waals surface area (Å²) in [5.74, 6) is -0.542. The first-order valence-corrected chi connectivity index (χ1v) is 5.45. The highest BCUT2D eigenvalue weighted by Gasteiger charge is 2.05. The number of hydrogen-bond donors (Lipinski definition) is 0. The molecule has 0 aliphatic carbocycles. The Morgan fingerprint density at radius 3 is 2.89 bits per heavy atom. The Labute approximate surface area is 109 Å². The van der Waals surface area contributed by atoms with Crippen LogP contribution in [0.5, 0.6) is 5.75 Å². The molecule has 0 bridgehead atoms. The van der Waals surface area contributed by atoms with Crippen molar-refractivity contribution < 1.29 is 13.9 Å². The van der Waals surface area contributed by atoms with Gasteiger partial charge < -0.3 is 4.74 Å². The topological polar surface area (TPSA) is 63.0 Å². The van der Waals surface area contributed by atoms with Crippen molar-refractivity contribution in [2.45, 2.75) is 6.61 Å². The second-order valence-corrected chi connectivity index (χ2v) is 3.76. The third-order valence-electron chi connectivity index (χ3n) is 2.43. The van der Waals surface area contributed by atoms with Crippen molar-refractivity contribution in [3.8, 4) is 11.8 Å². The van der Waals surface area contributed by atoms with Gasteiger partial charge in [-0.2, -0.15) is 5.26 Å². The van der Waals surface area contributed by atoms with Crippen LogP contribution in [-0.4, -0.2) is 11.3 Å². The zero-order valence-corrected chi connectivity index (χ0v) is 9.84. The summed E-state index contributed by atoms with van der Waals surface area (Å²) in [5, 5.41) is 8.70. The van der Waals surface area contributed by atoms with E-state index in [1.165, 1.54) is 18.3 Å². The monoisotopic (exact) mass is 256 g/mol. The smallest absolute Gasteiger partial charge is 0.165 e. The highest BCUT2D eigenvalue weighted by Crippen LogP contribution is 2.19. The Kier molecular flexibility index (Phi) is 3.84. The zero-order chi connectivity index (χ0) is 13.7. The minimum absolute atomic E-state index is 0.0564. The van der Waals surface area contributed by atoms with Crippen LogP contribution in [0.3, 0.4) is 0 Å². The Morgan fingerprint density at radius 2 is 2.21 bits per heavy atom. The van der Waals surface area contributed by atoms with Gasteiger partial charge in [0.2, 0.25) is 0 Å². The summed E-state index contributed by atoms with van der Waals surface area (Å²) in [5.41, 5.74) is 1.24. The summed E-state index contributed by atoms with van der Waals surface area (Å²) < 4.78 is 18.8. The quantitative estimate of drug-likeness (QED) is 0.788. The minimum Gasteiger partial charge on any atom is -0.486 e. The van der Waals surface area contributed by atoms with Crippen LogP contribution in [0, 0.1) is 17.1 Å². The molecular formula is C14H9FN2O2. The van der Waals surface area contributed by atoms with Gasteiger partial charge in [-0.25, -0.2) is 9.37 Å². The van der Waals surface area contributed by atoms with Gasteiger partial charge in [0.15, 0.2) is 11.6 Å². The van der Waals surface area contributed by atoms with Crippen LogP contribution >= 0.6 is 0 Å². The molecule has 2 rings (SSSR count). The van der Waals surface area contributed by atoms with E-state index in [4.69, 9.17) is 10.00 Å². The Balaban J connectivity index is 2.10. The molecule has 0 atom stereocenters. The average Bonchev–Trinajstić information content (AvgIpc) is 2.46. The molecule has 5 heteroatoms. The number of ether oxygens (including phenoxy) is 1. The third-order valence-corrected chi connectivity index (χ3v) is 2.43. The second kappa shape index (κ2) is 5.74. The molecule has 0 aliphatic rings. The van der Waals surface area contributed by atoms with Crippen molar-refractivity contribution in [1.82, 2.24) is 4.98 Å². The van der Waals surface area contributed by atoms with Crippen LogP contribution in [0.25, 0.3) is 0 Å². The Bertz CT molecular complexity index is 650. The molecule has 0 saturated carbocycles. The fourth-order valence-electron chi connectivity index (χ4n) is 1.49. The number of halogens is 1. The van der Waals surface area contributed by atoms with Gasteiger partial charge in [-0.05, 0) is 35.9 Å². The third kappa shape index (κ3) is 3.13. The minimum atomic E-state index is -0.598. The van der Waals surface area contributed by atoms with Gasteiger partial charge in [-0.1, -0.05) is 0 Å². The van der Waals surface area contributed by atoms with E-state index in [1.54, 1.807) is 12.1 Å². The fraction of sp³-hybridized carbons (Fsp3) is 0.0714. The van der Waals surface area contributed by atoms with Gasteiger partial charge in [0.25, 0.3) is 0 Å². The molecule has 0 fully saturated rings. The maximum atomic E-state index is 13.5. The van der Waals surface area contributed by atoms with E-state index in [2.05, 4.69) is 4.98 Å². The molecule has 0 unspecified atom stereocenters. The number of carbonyl (C=O) groups excluding carboxylic acids is 1. The molecule has 1 aromatic carbocycles. The molecule has 0 spiro atoms. The summed E-state index contributed by atoms with van der Waals surface area (Å²) in [6.45, 7) is 0.120. The number of rotatable bonds is 4. The summed E-state index contributed by atoms with van der Waals surface area (Å²) in [7, 11) is 0. The van der Waals surface area contributed by atoms with Crippen LogP contribution in [-0.2, 0) is 6.61 Å². The van der Waals surface area contributed by atoms with E-state index in [0.29, 0.717) is 11.8 Å². The zero-order valence-electron chi connectivity index (χ0n) is 9.84. The number of benzene rings is 1. The van der Waals surface area contributed by atoms with Crippen LogP contribution < -0.4 is 4.74 Å². The first kappa shape index (κ1) is 12.7. The molecule has 1 aromatic heterocycles. The highest BCUT2D eigenvalue weighted by atomic mass is 19.1. The number of hydrogen-bond acceptors (Lipinski definition) is 4. The number of nitriles is 1. The van der Waals surface area contributed by atoms with E-state index < -0.39 is 5.82 Å². The largest absolute Gasteiger partial charge is 0.486 e. The molecule has 0 radical (unpaired) electrons. The molecule has 19 heavy (non-hydrogen) atoms. The lowest BCUT2D eigenvalue weighted by Gasteiger charge is -2.07. The predicted molar refractivity (Wildman–Crippen MR) is 65.1 cm³/mol. The number of aromatic nitrogens is 1. The molecule has 1 heterocycles. The van der Waals surface area contributed by atoms with Gasteiger partial charge in [0.1, 0.15) is 24.7 Å². The van der Waals surface area contributed by atoms with E-state index in [0.717, 1.165) is 6.07 Å². The van der Waals surface area contributed by atoms with E-state index in [9.17, 15) is 9.18 Å². The summed E-state index contributed by atoms with van der Waals surface area (Å²) >= 11 is 0. The van der Waals surface area contributed by atoms with Gasteiger partial charge in [0.05, 0.1) is 0 Å². The normalized spacial score (nSPS) is 9.68. The predicted octanol–water partition coefficient (Wildman–Crippen LogP) is 2.48. The molecule has 0 aliphatic heterocycles. The van der Waals surface area contributed by atoms with Crippen LogP contribution in [0.15, 0.2) is 36.5 Å². The van der Waals surface area contributed by atoms with Crippen LogP contribution in [0.1, 0.15) is 21.6 Å². The van der Waals surface area contributed by atoms with Gasteiger partial charge >= 0.3 is 0 Å². The number of carbonyl (C=O) groups is 1. The number of aldehydes is 1. The first-order valence-electron chi connectivity index (χ1n) is 5.45. The fourth-order valence-corrected chi connectivity index (χ4v) is 1.49. The van der Waals surface area contributed by atoms with E-state index in [-0.39, 0.29) is 23.6 Å². The number of pyridine rings is 1. The second-order valence-electron chi connectivity index (χ2n) is 3.76. The van der Waals surface area contributed by atoms with Gasteiger partial charge in [-0.15, -0.1) is 0 Å². The van der Waals surface area contributed by atoms with Gasteiger partial charge in [0, 0.05) is 11.8 Å². The molecule has 2 aromatic rings. The van der Waals surface area contributed by atoms with Crippen molar-refractivity contribution >= 4 is 6.29 Å². The lowest BCUT2D eigenvalue weighted by molar-refractivity contribution is 0.112. The molecule has 0 saturated heterocycles. The molecule has 0 amide bonds. The summed E-state index contributed by atoms with van der Waals surface area (Å²) in [6.07, 6.45) is 2.05. The Hall–Kier alpha value is -2.74. The van der Waals surface area contributed by atoms with Crippen molar-refractivity contribution in [2.75, 3.05) is 0 Å². The standard InChI is InChI=1S/C14H9FN2O2/c15-13-6-10(8-18)1-2-14(13)19-9-11-3-4-17-12(5-11)7-16/h1-6,8H,9H2. The lowest BCUT2D eigenvalue weighted by Crippen LogP contribution is -1.99. The SMILES string of the molecule is N#Cc1cc(COc2ccc(C=O)cc2F)ccn1. The van der Waals surface area contributed by atoms with Crippen LogP contribution in [0.4, 0.5) is 4.39 Å².